The molecule has 0 radical (unpaired) electrons. The third kappa shape index (κ3) is 40.3. The van der Waals surface area contributed by atoms with Crippen LogP contribution < -0.4 is 122 Å². The van der Waals surface area contributed by atoms with E-state index in [0.29, 0.717) is 19.3 Å². The number of nitrogens with two attached hydrogens (primary N) is 13. The first-order valence-electron chi connectivity index (χ1n) is 32.0. The Balaban J connectivity index is 7.64. The number of carbonyl (C=O) groups is 12. The van der Waals surface area contributed by atoms with E-state index in [1.807, 2.05) is 0 Å². The lowest BCUT2D eigenvalue weighted by Crippen LogP contribution is -2.60. The minimum absolute atomic E-state index is 0.00129. The molecular weight excluding hydrogens is 1290 g/mol. The summed E-state index contributed by atoms with van der Waals surface area (Å²) in [7, 11) is 1.22. The molecule has 0 spiro atoms. The van der Waals surface area contributed by atoms with Crippen LogP contribution in [0.2, 0.25) is 0 Å². The zero-order valence-electron chi connectivity index (χ0n) is 56.1. The fourth-order valence-electron chi connectivity index (χ4n) is 9.07. The molecule has 10 amide bonds. The van der Waals surface area contributed by atoms with Crippen molar-refractivity contribution in [2.75, 3.05) is 59.4 Å². The number of carbonyl (C=O) groups excluding carboxylic acids is 10. The number of nitrogens with one attached hydrogen (secondary N) is 9. The van der Waals surface area contributed by atoms with Crippen molar-refractivity contribution in [3.8, 4) is 0 Å². The Morgan fingerprint density at radius 1 is 0.337 bits per heavy atom. The summed E-state index contributed by atoms with van der Waals surface area (Å²) in [5.41, 5.74) is 72.5. The molecule has 0 bridgehead atoms. The number of rotatable bonds is 52. The van der Waals surface area contributed by atoms with E-state index < -0.39 is 151 Å². The lowest BCUT2D eigenvalue weighted by Gasteiger charge is -2.29. The maximum Gasteiger partial charge on any atom is 0.323 e. The number of hydrogen-bond donors (Lipinski definition) is 24. The van der Waals surface area contributed by atoms with Crippen molar-refractivity contribution >= 4 is 101 Å². The Morgan fingerprint density at radius 3 is 0.827 bits per heavy atom. The number of aliphatic carboxylic acids is 2. The lowest BCUT2D eigenvalue weighted by atomic mass is 10.0. The van der Waals surface area contributed by atoms with Crippen LogP contribution in [-0.4, -0.2) is 236 Å². The van der Waals surface area contributed by atoms with Gasteiger partial charge in [-0.05, 0) is 136 Å². The van der Waals surface area contributed by atoms with Crippen LogP contribution in [-0.2, 0) is 57.5 Å². The lowest BCUT2D eigenvalue weighted by molar-refractivity contribution is -0.145. The minimum atomic E-state index is -1.72. The molecule has 0 aliphatic heterocycles. The second-order valence-corrected chi connectivity index (χ2v) is 22.8. The summed E-state index contributed by atoms with van der Waals surface area (Å²) in [4.78, 5) is 185. The van der Waals surface area contributed by atoms with Crippen LogP contribution in [0.5, 0.6) is 0 Å². The van der Waals surface area contributed by atoms with Gasteiger partial charge in [-0.25, -0.2) is 0 Å². The Hall–Kier alpha value is -10.1. The molecule has 0 rings (SSSR count). The molecule has 0 aromatic heterocycles. The number of unbranched alkanes of at least 4 members (excludes halogenated alkanes) is 2. The van der Waals surface area contributed by atoms with E-state index in [4.69, 9.17) is 74.5 Å². The predicted octanol–water partition coefficient (Wildman–Crippen LogP) is -10.3. The standard InChI is InChI=1S/C56H108N28O14/c1-30(59)42(89)75-31(2)43(90)76-34(15-8-24-70-52(60)61)45(92)82-38(20-21-40(85)86)50(97)81-37(18-11-27-73-55(66)67)48(95)80-36(17-10-26-72-54(64)65)47(94)79-35(16-9-25-71-53(62)63)46(93)77-32(13-4-6-22-57)44(91)78-33(14-5-7-23-58)49(96)83-39(19-12-28-74-56(68)69)51(98)84(3)29-41(87)88/h30-39H,4-29,57-59H2,1-3H3,(H,75,89)(H,76,90)(H,77,93)(H,78,91)(H,79,94)(H,80,95)(H,81,97)(H,82,92)(H,83,96)(H,85,86)(H,87,88)(H4,60,61,70)(H4,62,63,71)(H4,64,65,72)(H4,66,67,73)(H4,68,69,74)/t30-,31-,32-,33-,34-,35-,36-,37-,38-,39-/m0/s1. The van der Waals surface area contributed by atoms with E-state index in [2.05, 4.69) is 72.8 Å². The van der Waals surface area contributed by atoms with Gasteiger partial charge >= 0.3 is 11.9 Å². The highest BCUT2D eigenvalue weighted by atomic mass is 16.4. The SMILES string of the molecule is C[C@H](N)C(=O)N[C@@H](C)C(=O)N[C@@H](CCCN=C(N)N)C(=O)N[C@@H](CCC(=O)O)C(=O)N[C@@H](CCCN=C(N)N)C(=O)N[C@@H](CCCN=C(N)N)C(=O)N[C@@H](CCCN=C(N)N)C(=O)N[C@@H](CCCCN)C(=O)N[C@@H](CCCCN)C(=O)N[C@@H](CCCN=C(N)N)C(=O)N(C)CC(=O)O. The molecule has 0 fully saturated rings. The second kappa shape index (κ2) is 49.4. The third-order valence-electron chi connectivity index (χ3n) is 14.2. The number of aliphatic imine (C=N–C) groups is 5. The van der Waals surface area contributed by atoms with E-state index in [-0.39, 0.29) is 159 Å². The van der Waals surface area contributed by atoms with E-state index in [9.17, 15) is 67.7 Å². The summed E-state index contributed by atoms with van der Waals surface area (Å²) < 4.78 is 0. The Labute approximate surface area is 568 Å². The van der Waals surface area contributed by atoms with E-state index in [1.54, 1.807) is 0 Å². The first kappa shape index (κ1) is 87.9. The van der Waals surface area contributed by atoms with E-state index in [1.165, 1.54) is 20.9 Å². The minimum Gasteiger partial charge on any atom is -0.481 e. The van der Waals surface area contributed by atoms with E-state index >= 15 is 0 Å². The molecular formula is C56H108N28O14. The summed E-state index contributed by atoms with van der Waals surface area (Å²) in [6, 6.07) is -14.3. The zero-order chi connectivity index (χ0) is 74.5. The molecule has 0 unspecified atom stereocenters. The summed E-state index contributed by atoms with van der Waals surface area (Å²) in [6.07, 6.45) is -0.781. The van der Waals surface area contributed by atoms with Gasteiger partial charge in [0.15, 0.2) is 29.8 Å². The zero-order valence-corrected chi connectivity index (χ0v) is 56.1. The highest BCUT2D eigenvalue weighted by molar-refractivity contribution is 5.99. The summed E-state index contributed by atoms with van der Waals surface area (Å²) in [5, 5.41) is 42.2. The first-order chi connectivity index (χ1) is 46.1. The number of hydrogen-bond acceptors (Lipinski definition) is 20. The monoisotopic (exact) mass is 1400 g/mol. The molecule has 0 saturated carbocycles. The molecule has 0 aromatic rings. The van der Waals surface area contributed by atoms with Crippen LogP contribution in [0, 0.1) is 0 Å². The molecule has 0 heterocycles. The largest absolute Gasteiger partial charge is 0.481 e. The number of guanidine groups is 5. The average Bonchev–Trinajstić information content (AvgIpc) is 0.884. The Morgan fingerprint density at radius 2 is 0.582 bits per heavy atom. The highest BCUT2D eigenvalue weighted by Crippen LogP contribution is 2.13. The van der Waals surface area contributed by atoms with Crippen molar-refractivity contribution in [2.45, 2.75) is 190 Å². The fraction of sp³-hybridized carbons (Fsp3) is 0.696. The Kier molecular flexibility index (Phi) is 44.3. The maximum atomic E-state index is 14.7. The van der Waals surface area contributed by atoms with Gasteiger partial charge in [-0.2, -0.15) is 0 Å². The Bertz CT molecular complexity index is 2730. The van der Waals surface area contributed by atoms with Crippen LogP contribution in [0.15, 0.2) is 25.0 Å². The number of likely N-dealkylation sites (N-methyl/N-ethyl adjacent to an activating group) is 1. The van der Waals surface area contributed by atoms with Crippen molar-refractivity contribution in [1.29, 1.82) is 0 Å². The molecule has 42 heteroatoms. The van der Waals surface area contributed by atoms with Gasteiger partial charge < -0.3 is 138 Å². The van der Waals surface area contributed by atoms with Gasteiger partial charge in [0.2, 0.25) is 59.1 Å². The van der Waals surface area contributed by atoms with Crippen LogP contribution in [0.3, 0.4) is 0 Å². The maximum absolute atomic E-state index is 14.7. The van der Waals surface area contributed by atoms with Crippen LogP contribution >= 0.6 is 0 Å². The van der Waals surface area contributed by atoms with Crippen molar-refractivity contribution in [1.82, 2.24) is 52.8 Å². The number of amides is 10. The van der Waals surface area contributed by atoms with Gasteiger partial charge in [-0.3, -0.25) is 82.5 Å². The molecule has 0 aromatic carbocycles. The molecule has 556 valence electrons. The molecule has 10 atom stereocenters. The van der Waals surface area contributed by atoms with Crippen molar-refractivity contribution in [3.63, 3.8) is 0 Å². The molecule has 98 heavy (non-hydrogen) atoms. The molecule has 42 nitrogen and oxygen atoms in total. The fourth-order valence-corrected chi connectivity index (χ4v) is 9.07. The topological polar surface area (TPSA) is 757 Å². The van der Waals surface area contributed by atoms with Gasteiger partial charge in [0, 0.05) is 46.2 Å². The van der Waals surface area contributed by atoms with Gasteiger partial charge in [0.05, 0.1) is 6.04 Å². The molecule has 0 aliphatic carbocycles. The van der Waals surface area contributed by atoms with Crippen LogP contribution in [0.25, 0.3) is 0 Å². The summed E-state index contributed by atoms with van der Waals surface area (Å²) >= 11 is 0. The molecule has 37 N–H and O–H groups in total. The number of nitrogens with zero attached hydrogens (tertiary/aromatic N) is 6. The first-order valence-corrected chi connectivity index (χ1v) is 32.0. The number of carboxylic acids is 2. The highest BCUT2D eigenvalue weighted by Gasteiger charge is 2.36. The van der Waals surface area contributed by atoms with Gasteiger partial charge in [-0.1, -0.05) is 0 Å². The summed E-state index contributed by atoms with van der Waals surface area (Å²) in [6.45, 7) is 2.13. The van der Waals surface area contributed by atoms with Crippen LogP contribution in [0.4, 0.5) is 0 Å². The smallest absolute Gasteiger partial charge is 0.323 e. The van der Waals surface area contributed by atoms with Crippen molar-refractivity contribution in [2.24, 2.45) is 99.5 Å². The van der Waals surface area contributed by atoms with Crippen LogP contribution in [0.1, 0.15) is 129 Å². The van der Waals surface area contributed by atoms with Gasteiger partial charge in [0.25, 0.3) is 0 Å². The molecule has 0 aliphatic rings. The van der Waals surface area contributed by atoms with Crippen molar-refractivity contribution < 1.29 is 67.7 Å². The predicted molar refractivity (Wildman–Crippen MR) is 364 cm³/mol. The van der Waals surface area contributed by atoms with E-state index in [0.717, 1.165) is 4.90 Å². The molecule has 0 saturated heterocycles. The third-order valence-corrected chi connectivity index (χ3v) is 14.2. The van der Waals surface area contributed by atoms with Crippen molar-refractivity contribution in [3.05, 3.63) is 0 Å². The van der Waals surface area contributed by atoms with Gasteiger partial charge in [-0.15, -0.1) is 0 Å². The van der Waals surface area contributed by atoms with Gasteiger partial charge in [0.1, 0.15) is 60.9 Å². The summed E-state index contributed by atoms with van der Waals surface area (Å²) in [5.74, 6) is -13.3. The quantitative estimate of drug-likeness (QED) is 0.0153. The normalized spacial score (nSPS) is 13.8. The number of carboxylic acid groups (broad SMARTS) is 2. The second-order valence-electron chi connectivity index (χ2n) is 22.8. The average molecular weight is 1400 g/mol.